The number of rotatable bonds is 10. The van der Waals surface area contributed by atoms with Crippen LogP contribution in [0.3, 0.4) is 0 Å². The second kappa shape index (κ2) is 10.3. The molecule has 1 aromatic heterocycles. The van der Waals surface area contributed by atoms with Crippen molar-refractivity contribution in [1.29, 1.82) is 0 Å². The van der Waals surface area contributed by atoms with Crippen molar-refractivity contribution >= 4 is 5.97 Å². The second-order valence-corrected chi connectivity index (χ2v) is 10.1. The van der Waals surface area contributed by atoms with Gasteiger partial charge < -0.3 is 24.8 Å². The van der Waals surface area contributed by atoms with Crippen molar-refractivity contribution in [3.63, 3.8) is 0 Å². The lowest BCUT2D eigenvalue weighted by molar-refractivity contribution is -0.139. The van der Waals surface area contributed by atoms with Gasteiger partial charge in [-0.15, -0.1) is 0 Å². The molecule has 200 valence electrons. The fraction of sp³-hybridized carbons (Fsp3) is 0.379. The van der Waals surface area contributed by atoms with E-state index in [1.165, 1.54) is 6.07 Å². The fourth-order valence-electron chi connectivity index (χ4n) is 5.57. The Hall–Kier alpha value is -3.56. The average Bonchev–Trinajstić information content (AvgIpc) is 3.46. The molecule has 1 heterocycles. The Morgan fingerprint density at radius 2 is 1.84 bits per heavy atom. The molecule has 38 heavy (non-hydrogen) atoms. The summed E-state index contributed by atoms with van der Waals surface area (Å²) in [5.41, 5.74) is 4.44. The summed E-state index contributed by atoms with van der Waals surface area (Å²) in [5, 5.41) is 27.7. The summed E-state index contributed by atoms with van der Waals surface area (Å²) >= 11 is 0. The lowest BCUT2D eigenvalue weighted by Crippen LogP contribution is -2.15. The van der Waals surface area contributed by atoms with Gasteiger partial charge in [-0.1, -0.05) is 0 Å². The molecule has 0 radical (unpaired) electrons. The first-order chi connectivity index (χ1) is 18.2. The topological polar surface area (TPSA) is 109 Å². The molecular weight excluding hydrogens is 496 g/mol. The maximum absolute atomic E-state index is 14.9. The number of benzene rings is 2. The van der Waals surface area contributed by atoms with Gasteiger partial charge in [-0.2, -0.15) is 0 Å². The largest absolute Gasteiger partial charge is 0.493 e. The van der Waals surface area contributed by atoms with Gasteiger partial charge in [-0.05, 0) is 72.2 Å². The van der Waals surface area contributed by atoms with Crippen molar-refractivity contribution in [2.24, 2.45) is 11.8 Å². The molecule has 0 aliphatic heterocycles. The van der Waals surface area contributed by atoms with Crippen molar-refractivity contribution in [1.82, 2.24) is 4.98 Å². The summed E-state index contributed by atoms with van der Waals surface area (Å²) < 4.78 is 41.0. The summed E-state index contributed by atoms with van der Waals surface area (Å²) in [7, 11) is 0. The molecule has 3 N–H and O–H groups in total. The van der Waals surface area contributed by atoms with Crippen LogP contribution < -0.4 is 9.47 Å². The molecule has 1 saturated carbocycles. The van der Waals surface area contributed by atoms with Gasteiger partial charge in [0.05, 0.1) is 25.2 Å². The van der Waals surface area contributed by atoms with E-state index in [0.717, 1.165) is 28.3 Å². The maximum atomic E-state index is 14.9. The quantitative estimate of drug-likeness (QED) is 0.362. The molecule has 0 bridgehead atoms. The van der Waals surface area contributed by atoms with Gasteiger partial charge in [0.25, 0.3) is 0 Å². The Kier molecular flexibility index (Phi) is 7.07. The highest BCUT2D eigenvalue weighted by atomic mass is 19.1. The number of aliphatic carboxylic acids is 1. The number of carboxylic acids is 1. The van der Waals surface area contributed by atoms with Crippen LogP contribution in [0.1, 0.15) is 40.2 Å². The highest BCUT2D eigenvalue weighted by Gasteiger charge is 2.59. The fourth-order valence-corrected chi connectivity index (χ4v) is 5.57. The third kappa shape index (κ3) is 4.96. The van der Waals surface area contributed by atoms with Crippen LogP contribution in [-0.2, 0) is 17.8 Å². The van der Waals surface area contributed by atoms with E-state index >= 15 is 0 Å². The van der Waals surface area contributed by atoms with Crippen molar-refractivity contribution < 1.29 is 38.4 Å². The first-order valence-electron chi connectivity index (χ1n) is 12.5. The highest BCUT2D eigenvalue weighted by Crippen LogP contribution is 2.61. The van der Waals surface area contributed by atoms with E-state index in [4.69, 9.17) is 14.6 Å². The SMILES string of the molecule is Cc1cc(OCC[C@H](O)CO)cc(C)c1-c1cc(COc2cc3c(cn2)[C@H]2[C@@H](C3)[C@@H]2C(=O)O)c(F)cc1F. The average molecular weight is 526 g/mol. The number of aromatic nitrogens is 1. The van der Waals surface area contributed by atoms with Gasteiger partial charge in [-0.3, -0.25) is 4.79 Å². The molecule has 9 heteroatoms. The third-order valence-electron chi connectivity index (χ3n) is 7.49. The number of halogens is 2. The standard InChI is InChI=1S/C29H29F2NO6/c1-14-5-19(37-4-3-18(34)12-33)6-15(2)26(14)20-8-17(23(30)10-24(20)31)13-38-25-9-16-7-21-27(22(16)11-32-25)28(21)29(35)36/h5-6,8-11,18,21,27-28,33-34H,3-4,7,12-13H2,1-2H3,(H,35,36)/t18-,21+,27+,28-/m0/s1. The van der Waals surface area contributed by atoms with Crippen molar-refractivity contribution in [2.75, 3.05) is 13.2 Å². The maximum Gasteiger partial charge on any atom is 0.307 e. The van der Waals surface area contributed by atoms with Gasteiger partial charge in [0.15, 0.2) is 0 Å². The molecule has 2 aliphatic carbocycles. The first-order valence-corrected chi connectivity index (χ1v) is 12.5. The molecule has 0 spiro atoms. The number of ether oxygens (including phenoxy) is 2. The summed E-state index contributed by atoms with van der Waals surface area (Å²) in [6.07, 6.45) is 1.72. The van der Waals surface area contributed by atoms with Crippen LogP contribution in [0.4, 0.5) is 8.78 Å². The zero-order chi connectivity index (χ0) is 27.1. The van der Waals surface area contributed by atoms with E-state index < -0.39 is 23.7 Å². The number of hydrogen-bond donors (Lipinski definition) is 3. The summed E-state index contributed by atoms with van der Waals surface area (Å²) in [6, 6.07) is 7.57. The molecule has 0 unspecified atom stereocenters. The van der Waals surface area contributed by atoms with E-state index in [0.29, 0.717) is 23.6 Å². The molecule has 1 fully saturated rings. The lowest BCUT2D eigenvalue weighted by atomic mass is 9.93. The Labute approximate surface area is 218 Å². The molecule has 0 amide bonds. The smallest absolute Gasteiger partial charge is 0.307 e. The number of carbonyl (C=O) groups is 1. The van der Waals surface area contributed by atoms with Crippen LogP contribution in [0.25, 0.3) is 11.1 Å². The molecule has 7 nitrogen and oxygen atoms in total. The number of pyridine rings is 1. The summed E-state index contributed by atoms with van der Waals surface area (Å²) in [4.78, 5) is 15.6. The van der Waals surface area contributed by atoms with E-state index in [2.05, 4.69) is 4.98 Å². The van der Waals surface area contributed by atoms with Crippen LogP contribution in [0, 0.1) is 37.3 Å². The zero-order valence-corrected chi connectivity index (χ0v) is 21.1. The predicted molar refractivity (Wildman–Crippen MR) is 134 cm³/mol. The predicted octanol–water partition coefficient (Wildman–Crippen LogP) is 4.32. The number of aryl methyl sites for hydroxylation is 2. The Morgan fingerprint density at radius 3 is 2.53 bits per heavy atom. The highest BCUT2D eigenvalue weighted by molar-refractivity contribution is 5.78. The van der Waals surface area contributed by atoms with E-state index in [-0.39, 0.29) is 55.1 Å². The van der Waals surface area contributed by atoms with E-state index in [1.54, 1.807) is 24.4 Å². The Bertz CT molecular complexity index is 1370. The van der Waals surface area contributed by atoms with E-state index in [1.807, 2.05) is 13.8 Å². The minimum Gasteiger partial charge on any atom is -0.493 e. The van der Waals surface area contributed by atoms with Crippen LogP contribution >= 0.6 is 0 Å². The number of fused-ring (bicyclic) bond motifs is 3. The first kappa shape index (κ1) is 26.1. The molecule has 2 aromatic carbocycles. The van der Waals surface area contributed by atoms with Crippen molar-refractivity contribution in [2.45, 2.75) is 45.3 Å². The van der Waals surface area contributed by atoms with Crippen molar-refractivity contribution in [3.8, 4) is 22.8 Å². The summed E-state index contributed by atoms with van der Waals surface area (Å²) in [6.45, 7) is 3.34. The van der Waals surface area contributed by atoms with Gasteiger partial charge in [0.1, 0.15) is 24.0 Å². The monoisotopic (exact) mass is 525 g/mol. The number of carboxylic acid groups (broad SMARTS) is 1. The van der Waals surface area contributed by atoms with Gasteiger partial charge in [0.2, 0.25) is 5.88 Å². The minimum atomic E-state index is -0.854. The number of aliphatic hydroxyl groups is 2. The number of hydrogen-bond acceptors (Lipinski definition) is 6. The molecular formula is C29H29F2NO6. The zero-order valence-electron chi connectivity index (χ0n) is 21.1. The number of nitrogens with zero attached hydrogens (tertiary/aromatic N) is 1. The van der Waals surface area contributed by atoms with Crippen LogP contribution in [0.15, 0.2) is 36.5 Å². The summed E-state index contributed by atoms with van der Waals surface area (Å²) in [5.74, 6) is -1.56. The van der Waals surface area contributed by atoms with Gasteiger partial charge >= 0.3 is 5.97 Å². The molecule has 0 saturated heterocycles. The van der Waals surface area contributed by atoms with Crippen molar-refractivity contribution in [3.05, 3.63) is 76.0 Å². The number of aliphatic hydroxyl groups excluding tert-OH is 2. The Morgan fingerprint density at radius 1 is 1.11 bits per heavy atom. The normalized spacial score (nSPS) is 20.0. The van der Waals surface area contributed by atoms with Gasteiger partial charge in [0, 0.05) is 41.8 Å². The third-order valence-corrected chi connectivity index (χ3v) is 7.49. The minimum absolute atomic E-state index is 0.0107. The van der Waals surface area contributed by atoms with Crippen LogP contribution in [-0.4, -0.2) is 45.6 Å². The molecule has 5 rings (SSSR count). The molecule has 3 aromatic rings. The van der Waals surface area contributed by atoms with E-state index in [9.17, 15) is 23.8 Å². The lowest BCUT2D eigenvalue weighted by Gasteiger charge is -2.16. The molecule has 4 atom stereocenters. The van der Waals surface area contributed by atoms with Crippen LogP contribution in [0.2, 0.25) is 0 Å². The second-order valence-electron chi connectivity index (χ2n) is 10.1. The molecule has 2 aliphatic rings. The Balaban J connectivity index is 1.31. The van der Waals surface area contributed by atoms with Crippen LogP contribution in [0.5, 0.6) is 11.6 Å². The van der Waals surface area contributed by atoms with Gasteiger partial charge in [-0.25, -0.2) is 13.8 Å².